The van der Waals surface area contributed by atoms with E-state index < -0.39 is 0 Å². The maximum Gasteiger partial charge on any atom is 0.147 e. The maximum absolute atomic E-state index is 13.3. The van der Waals surface area contributed by atoms with E-state index in [1.54, 1.807) is 12.1 Å². The van der Waals surface area contributed by atoms with Gasteiger partial charge in [-0.05, 0) is 24.6 Å². The second kappa shape index (κ2) is 6.80. The lowest BCUT2D eigenvalue weighted by atomic mass is 10.3. The lowest BCUT2D eigenvalue weighted by Gasteiger charge is -2.07. The molecule has 0 spiro atoms. The molecule has 15 heavy (non-hydrogen) atoms. The fourth-order valence-corrected chi connectivity index (χ4v) is 1.47. The van der Waals surface area contributed by atoms with Crippen LogP contribution in [0.3, 0.4) is 0 Å². The first-order valence-electron chi connectivity index (χ1n) is 5.00. The van der Waals surface area contributed by atoms with Crippen LogP contribution in [-0.4, -0.2) is 19.8 Å². The van der Waals surface area contributed by atoms with Gasteiger partial charge in [-0.15, -0.1) is 0 Å². The minimum Gasteiger partial charge on any atom is -0.380 e. The van der Waals surface area contributed by atoms with Crippen molar-refractivity contribution < 1.29 is 9.13 Å². The molecule has 84 valence electrons. The van der Waals surface area contributed by atoms with Gasteiger partial charge in [0.2, 0.25) is 0 Å². The third kappa shape index (κ3) is 4.62. The first kappa shape index (κ1) is 12.5. The number of benzene rings is 1. The average Bonchev–Trinajstić information content (AvgIpc) is 2.20. The highest BCUT2D eigenvalue weighted by molar-refractivity contribution is 9.10. The van der Waals surface area contributed by atoms with Gasteiger partial charge in [0.05, 0.1) is 12.3 Å². The van der Waals surface area contributed by atoms with Crippen LogP contribution in [0.5, 0.6) is 0 Å². The minimum atomic E-state index is -0.250. The molecule has 1 aromatic rings. The minimum absolute atomic E-state index is 0.250. The Morgan fingerprint density at radius 2 is 2.20 bits per heavy atom. The van der Waals surface area contributed by atoms with Gasteiger partial charge in [-0.1, -0.05) is 22.9 Å². The number of halogens is 2. The molecule has 0 aliphatic rings. The van der Waals surface area contributed by atoms with Crippen molar-refractivity contribution in [2.24, 2.45) is 0 Å². The van der Waals surface area contributed by atoms with Crippen LogP contribution in [0.15, 0.2) is 22.7 Å². The third-order valence-corrected chi connectivity index (χ3v) is 2.33. The van der Waals surface area contributed by atoms with Gasteiger partial charge in [-0.3, -0.25) is 0 Å². The van der Waals surface area contributed by atoms with Gasteiger partial charge in [0.1, 0.15) is 5.82 Å². The van der Waals surface area contributed by atoms with Crippen LogP contribution in [0.2, 0.25) is 0 Å². The van der Waals surface area contributed by atoms with Crippen LogP contribution in [-0.2, 0) is 4.74 Å². The molecule has 0 saturated carbocycles. The van der Waals surface area contributed by atoms with Crippen molar-refractivity contribution in [3.63, 3.8) is 0 Å². The number of hydrogen-bond acceptors (Lipinski definition) is 2. The zero-order valence-corrected chi connectivity index (χ0v) is 10.3. The summed E-state index contributed by atoms with van der Waals surface area (Å²) in [5, 5.41) is 2.98. The Hall–Kier alpha value is -0.610. The molecule has 1 N–H and O–H groups in total. The van der Waals surface area contributed by atoms with Crippen molar-refractivity contribution in [2.75, 3.05) is 25.1 Å². The molecule has 0 aliphatic heterocycles. The van der Waals surface area contributed by atoms with E-state index >= 15 is 0 Å². The van der Waals surface area contributed by atoms with Gasteiger partial charge in [0.25, 0.3) is 0 Å². The summed E-state index contributed by atoms with van der Waals surface area (Å²) in [6.45, 7) is 4.04. The standard InChI is InChI=1S/C11H15BrFNO/c1-2-6-15-7-5-14-11-4-3-9(12)8-10(11)13/h3-4,8,14H,2,5-7H2,1H3. The van der Waals surface area contributed by atoms with Crippen molar-refractivity contribution in [3.05, 3.63) is 28.5 Å². The Morgan fingerprint density at radius 1 is 1.40 bits per heavy atom. The van der Waals surface area contributed by atoms with E-state index in [9.17, 15) is 4.39 Å². The van der Waals surface area contributed by atoms with E-state index in [4.69, 9.17) is 4.74 Å². The fourth-order valence-electron chi connectivity index (χ4n) is 1.14. The number of anilines is 1. The topological polar surface area (TPSA) is 21.3 Å². The van der Waals surface area contributed by atoms with Gasteiger partial charge in [0.15, 0.2) is 0 Å². The molecule has 0 bridgehead atoms. The molecule has 2 nitrogen and oxygen atoms in total. The normalized spacial score (nSPS) is 10.3. The van der Waals surface area contributed by atoms with Crippen molar-refractivity contribution >= 4 is 21.6 Å². The summed E-state index contributed by atoms with van der Waals surface area (Å²) in [4.78, 5) is 0. The molecule has 0 saturated heterocycles. The molecule has 0 fully saturated rings. The molecular formula is C11H15BrFNO. The Balaban J connectivity index is 2.31. The van der Waals surface area contributed by atoms with E-state index in [1.807, 2.05) is 0 Å². The SMILES string of the molecule is CCCOCCNc1ccc(Br)cc1F. The molecule has 0 unspecified atom stereocenters. The van der Waals surface area contributed by atoms with Crippen LogP contribution in [0.1, 0.15) is 13.3 Å². The lowest BCUT2D eigenvalue weighted by Crippen LogP contribution is -2.10. The zero-order valence-electron chi connectivity index (χ0n) is 8.72. The average molecular weight is 276 g/mol. The van der Waals surface area contributed by atoms with Crippen LogP contribution in [0.4, 0.5) is 10.1 Å². The van der Waals surface area contributed by atoms with Gasteiger partial charge in [0, 0.05) is 17.6 Å². The summed E-state index contributed by atoms with van der Waals surface area (Å²) in [6.07, 6.45) is 1.01. The molecule has 0 heterocycles. The second-order valence-corrected chi connectivity index (χ2v) is 4.08. The van der Waals surface area contributed by atoms with Crippen LogP contribution in [0.25, 0.3) is 0 Å². The van der Waals surface area contributed by atoms with Gasteiger partial charge < -0.3 is 10.1 Å². The summed E-state index contributed by atoms with van der Waals surface area (Å²) in [5.41, 5.74) is 0.512. The Bertz CT molecular complexity index is 307. The van der Waals surface area contributed by atoms with E-state index in [0.717, 1.165) is 17.5 Å². The number of hydrogen-bond donors (Lipinski definition) is 1. The van der Waals surface area contributed by atoms with Crippen LogP contribution in [0, 0.1) is 5.82 Å². The van der Waals surface area contributed by atoms with E-state index in [0.29, 0.717) is 18.8 Å². The molecule has 0 atom stereocenters. The first-order chi connectivity index (χ1) is 7.24. The summed E-state index contributed by atoms with van der Waals surface area (Å²) in [7, 11) is 0. The largest absolute Gasteiger partial charge is 0.380 e. The Morgan fingerprint density at radius 3 is 2.87 bits per heavy atom. The summed E-state index contributed by atoms with van der Waals surface area (Å²) in [6, 6.07) is 4.95. The molecule has 0 radical (unpaired) electrons. The van der Waals surface area contributed by atoms with E-state index in [-0.39, 0.29) is 5.82 Å². The predicted molar refractivity (Wildman–Crippen MR) is 63.7 cm³/mol. The quantitative estimate of drug-likeness (QED) is 0.804. The number of rotatable bonds is 6. The highest BCUT2D eigenvalue weighted by Gasteiger charge is 2.00. The summed E-state index contributed by atoms with van der Waals surface area (Å²) >= 11 is 3.21. The second-order valence-electron chi connectivity index (χ2n) is 3.16. The lowest BCUT2D eigenvalue weighted by molar-refractivity contribution is 0.144. The Labute approximate surface area is 98.0 Å². The van der Waals surface area contributed by atoms with E-state index in [2.05, 4.69) is 28.2 Å². The van der Waals surface area contributed by atoms with Crippen LogP contribution >= 0.6 is 15.9 Å². The van der Waals surface area contributed by atoms with Gasteiger partial charge >= 0.3 is 0 Å². The molecule has 4 heteroatoms. The van der Waals surface area contributed by atoms with Crippen molar-refractivity contribution in [2.45, 2.75) is 13.3 Å². The van der Waals surface area contributed by atoms with Crippen molar-refractivity contribution in [3.8, 4) is 0 Å². The van der Waals surface area contributed by atoms with Crippen LogP contribution < -0.4 is 5.32 Å². The molecule has 0 amide bonds. The third-order valence-electron chi connectivity index (χ3n) is 1.84. The molecule has 0 aromatic heterocycles. The van der Waals surface area contributed by atoms with Gasteiger partial charge in [-0.2, -0.15) is 0 Å². The zero-order chi connectivity index (χ0) is 11.1. The first-order valence-corrected chi connectivity index (χ1v) is 5.80. The highest BCUT2D eigenvalue weighted by atomic mass is 79.9. The monoisotopic (exact) mass is 275 g/mol. The molecule has 1 aromatic carbocycles. The van der Waals surface area contributed by atoms with Crippen molar-refractivity contribution in [1.29, 1.82) is 0 Å². The Kier molecular flexibility index (Phi) is 5.65. The fraction of sp³-hybridized carbons (Fsp3) is 0.455. The highest BCUT2D eigenvalue weighted by Crippen LogP contribution is 2.18. The molecular weight excluding hydrogens is 261 g/mol. The maximum atomic E-state index is 13.3. The summed E-state index contributed by atoms with van der Waals surface area (Å²) < 4.78 is 19.3. The number of ether oxygens (including phenoxy) is 1. The molecule has 0 aliphatic carbocycles. The summed E-state index contributed by atoms with van der Waals surface area (Å²) in [5.74, 6) is -0.250. The molecule has 1 rings (SSSR count). The predicted octanol–water partition coefficient (Wildman–Crippen LogP) is 3.43. The van der Waals surface area contributed by atoms with Crippen molar-refractivity contribution in [1.82, 2.24) is 0 Å². The number of nitrogens with one attached hydrogen (secondary N) is 1. The van der Waals surface area contributed by atoms with E-state index in [1.165, 1.54) is 6.07 Å². The van der Waals surface area contributed by atoms with Gasteiger partial charge in [-0.25, -0.2) is 4.39 Å². The smallest absolute Gasteiger partial charge is 0.147 e.